The second kappa shape index (κ2) is 4.09. The van der Waals surface area contributed by atoms with Crippen molar-refractivity contribution in [3.8, 4) is 5.75 Å². The molecule has 1 saturated carbocycles. The van der Waals surface area contributed by atoms with Gasteiger partial charge in [-0.3, -0.25) is 0 Å². The molecule has 0 aliphatic heterocycles. The van der Waals surface area contributed by atoms with Crippen molar-refractivity contribution in [2.24, 2.45) is 0 Å². The number of ether oxygens (including phenoxy) is 1. The van der Waals surface area contributed by atoms with Crippen molar-refractivity contribution in [3.63, 3.8) is 0 Å². The average Bonchev–Trinajstić information content (AvgIpc) is 2.16. The van der Waals surface area contributed by atoms with Crippen LogP contribution in [0.4, 0.5) is 19.0 Å². The molecule has 0 unspecified atom stereocenters. The molecule has 0 atom stereocenters. The maximum absolute atomic E-state index is 11.9. The number of halogens is 3. The molecule has 0 radical (unpaired) electrons. The Morgan fingerprint density at radius 1 is 1.35 bits per heavy atom. The highest BCUT2D eigenvalue weighted by molar-refractivity contribution is 5.40. The van der Waals surface area contributed by atoms with Crippen molar-refractivity contribution in [2.75, 3.05) is 5.32 Å². The van der Waals surface area contributed by atoms with Gasteiger partial charge in [-0.25, -0.2) is 4.98 Å². The Labute approximate surface area is 97.0 Å². The fourth-order valence-corrected chi connectivity index (χ4v) is 1.79. The van der Waals surface area contributed by atoms with E-state index in [0.29, 0.717) is 5.82 Å². The first kappa shape index (κ1) is 12.0. The summed E-state index contributed by atoms with van der Waals surface area (Å²) in [4.78, 5) is 3.89. The minimum atomic E-state index is -4.67. The zero-order valence-corrected chi connectivity index (χ0v) is 9.34. The van der Waals surface area contributed by atoms with Gasteiger partial charge in [-0.1, -0.05) is 0 Å². The number of rotatable bonds is 3. The van der Waals surface area contributed by atoms with E-state index >= 15 is 0 Å². The first-order valence-electron chi connectivity index (χ1n) is 5.36. The lowest BCUT2D eigenvalue weighted by atomic mass is 9.78. The van der Waals surface area contributed by atoms with Crippen LogP contribution >= 0.6 is 0 Å². The van der Waals surface area contributed by atoms with Crippen molar-refractivity contribution >= 4 is 5.82 Å². The van der Waals surface area contributed by atoms with E-state index in [1.54, 1.807) is 0 Å². The number of pyridine rings is 1. The van der Waals surface area contributed by atoms with E-state index in [1.807, 2.05) is 0 Å². The number of anilines is 1. The van der Waals surface area contributed by atoms with Gasteiger partial charge in [0, 0.05) is 5.54 Å². The van der Waals surface area contributed by atoms with E-state index in [2.05, 4.69) is 22.0 Å². The van der Waals surface area contributed by atoms with Crippen molar-refractivity contribution in [3.05, 3.63) is 18.3 Å². The highest BCUT2D eigenvalue weighted by Gasteiger charge is 2.32. The van der Waals surface area contributed by atoms with Crippen LogP contribution in [0.15, 0.2) is 18.3 Å². The quantitative estimate of drug-likeness (QED) is 0.888. The normalized spacial score (nSPS) is 18.4. The molecule has 17 heavy (non-hydrogen) atoms. The van der Waals surface area contributed by atoms with Gasteiger partial charge in [0.15, 0.2) is 0 Å². The molecule has 0 bridgehead atoms. The molecule has 1 aromatic heterocycles. The monoisotopic (exact) mass is 246 g/mol. The van der Waals surface area contributed by atoms with Gasteiger partial charge in [-0.05, 0) is 38.3 Å². The van der Waals surface area contributed by atoms with Gasteiger partial charge in [0.05, 0.1) is 6.20 Å². The average molecular weight is 246 g/mol. The van der Waals surface area contributed by atoms with E-state index in [4.69, 9.17) is 0 Å². The Hall–Kier alpha value is -1.46. The molecule has 3 nitrogen and oxygen atoms in total. The predicted molar refractivity (Wildman–Crippen MR) is 56.8 cm³/mol. The zero-order valence-electron chi connectivity index (χ0n) is 9.34. The Morgan fingerprint density at radius 2 is 2.06 bits per heavy atom. The molecule has 1 aromatic rings. The Kier molecular flexibility index (Phi) is 2.89. The first-order valence-corrected chi connectivity index (χ1v) is 5.36. The van der Waals surface area contributed by atoms with Gasteiger partial charge in [-0.2, -0.15) is 0 Å². The molecular weight excluding hydrogens is 233 g/mol. The van der Waals surface area contributed by atoms with Crippen LogP contribution in [0.3, 0.4) is 0 Å². The van der Waals surface area contributed by atoms with Crippen molar-refractivity contribution in [1.29, 1.82) is 0 Å². The lowest BCUT2D eigenvalue weighted by Gasteiger charge is -2.39. The van der Waals surface area contributed by atoms with E-state index in [1.165, 1.54) is 18.6 Å². The maximum atomic E-state index is 11.9. The molecule has 94 valence electrons. The van der Waals surface area contributed by atoms with Crippen LogP contribution in [0.5, 0.6) is 5.75 Å². The summed E-state index contributed by atoms with van der Waals surface area (Å²) in [6, 6.07) is 2.75. The van der Waals surface area contributed by atoms with Crippen LogP contribution in [-0.4, -0.2) is 16.9 Å². The third-order valence-electron chi connectivity index (χ3n) is 2.86. The highest BCUT2D eigenvalue weighted by Crippen LogP contribution is 2.34. The molecule has 1 heterocycles. The van der Waals surface area contributed by atoms with Gasteiger partial charge in [-0.15, -0.1) is 13.2 Å². The van der Waals surface area contributed by atoms with Crippen molar-refractivity contribution < 1.29 is 17.9 Å². The largest absolute Gasteiger partial charge is 0.573 e. The van der Waals surface area contributed by atoms with E-state index in [-0.39, 0.29) is 11.3 Å². The fraction of sp³-hybridized carbons (Fsp3) is 0.545. The van der Waals surface area contributed by atoms with E-state index < -0.39 is 6.36 Å². The summed E-state index contributed by atoms with van der Waals surface area (Å²) in [5.41, 5.74) is 0.0272. The SMILES string of the molecule is CC1(Nc2ccc(OC(F)(F)F)cn2)CCC1. The van der Waals surface area contributed by atoms with Crippen LogP contribution in [0.25, 0.3) is 0 Å². The third kappa shape index (κ3) is 3.25. The smallest absolute Gasteiger partial charge is 0.404 e. The molecule has 1 fully saturated rings. The van der Waals surface area contributed by atoms with Crippen LogP contribution in [0.2, 0.25) is 0 Å². The molecule has 0 spiro atoms. The van der Waals surface area contributed by atoms with Crippen LogP contribution < -0.4 is 10.1 Å². The zero-order chi connectivity index (χ0) is 12.5. The van der Waals surface area contributed by atoms with Gasteiger partial charge < -0.3 is 10.1 Å². The lowest BCUT2D eigenvalue weighted by molar-refractivity contribution is -0.274. The number of nitrogens with zero attached hydrogens (tertiary/aromatic N) is 1. The summed E-state index contributed by atoms with van der Waals surface area (Å²) in [6.07, 6.45) is -0.335. The molecule has 1 aliphatic carbocycles. The summed E-state index contributed by atoms with van der Waals surface area (Å²) in [7, 11) is 0. The Morgan fingerprint density at radius 3 is 2.47 bits per heavy atom. The Balaban J connectivity index is 1.98. The fourth-order valence-electron chi connectivity index (χ4n) is 1.79. The van der Waals surface area contributed by atoms with Crippen LogP contribution in [0, 0.1) is 0 Å². The van der Waals surface area contributed by atoms with E-state index in [0.717, 1.165) is 19.0 Å². The van der Waals surface area contributed by atoms with Crippen molar-refractivity contribution in [1.82, 2.24) is 4.98 Å². The van der Waals surface area contributed by atoms with Gasteiger partial charge in [0.25, 0.3) is 0 Å². The summed E-state index contributed by atoms with van der Waals surface area (Å²) < 4.78 is 39.5. The molecular formula is C11H13F3N2O. The second-order valence-corrected chi connectivity index (χ2v) is 4.47. The van der Waals surface area contributed by atoms with Gasteiger partial charge >= 0.3 is 6.36 Å². The number of alkyl halides is 3. The standard InChI is InChI=1S/C11H13F3N2O/c1-10(5-2-6-10)16-9-4-3-8(7-15-9)17-11(12,13)14/h3-4,7H,2,5-6H2,1H3,(H,15,16). The Bertz CT molecular complexity index is 385. The molecule has 1 N–H and O–H groups in total. The third-order valence-corrected chi connectivity index (χ3v) is 2.86. The maximum Gasteiger partial charge on any atom is 0.573 e. The van der Waals surface area contributed by atoms with Crippen LogP contribution in [0.1, 0.15) is 26.2 Å². The summed E-state index contributed by atoms with van der Waals surface area (Å²) in [6.45, 7) is 2.07. The number of hydrogen-bond acceptors (Lipinski definition) is 3. The second-order valence-electron chi connectivity index (χ2n) is 4.47. The predicted octanol–water partition coefficient (Wildman–Crippen LogP) is 3.33. The molecule has 2 rings (SSSR count). The molecule has 1 aliphatic rings. The molecule has 6 heteroatoms. The first-order chi connectivity index (χ1) is 7.86. The summed E-state index contributed by atoms with van der Waals surface area (Å²) >= 11 is 0. The highest BCUT2D eigenvalue weighted by atomic mass is 19.4. The van der Waals surface area contributed by atoms with Gasteiger partial charge in [0.1, 0.15) is 11.6 Å². The summed E-state index contributed by atoms with van der Waals surface area (Å²) in [5.74, 6) is 0.267. The molecule has 0 saturated heterocycles. The lowest BCUT2D eigenvalue weighted by Crippen LogP contribution is -2.41. The molecule has 0 aromatic carbocycles. The number of hydrogen-bond donors (Lipinski definition) is 1. The minimum Gasteiger partial charge on any atom is -0.404 e. The molecule has 0 amide bonds. The number of aromatic nitrogens is 1. The van der Waals surface area contributed by atoms with Gasteiger partial charge in [0.2, 0.25) is 0 Å². The van der Waals surface area contributed by atoms with E-state index in [9.17, 15) is 13.2 Å². The topological polar surface area (TPSA) is 34.1 Å². The summed E-state index contributed by atoms with van der Waals surface area (Å²) in [5, 5.41) is 3.20. The van der Waals surface area contributed by atoms with Crippen LogP contribution in [-0.2, 0) is 0 Å². The number of nitrogens with one attached hydrogen (secondary N) is 1. The minimum absolute atomic E-state index is 0.0272. The van der Waals surface area contributed by atoms with Crippen molar-refractivity contribution in [2.45, 2.75) is 38.1 Å².